The van der Waals surface area contributed by atoms with Gasteiger partial charge in [-0.2, -0.15) is 13.2 Å². The quantitative estimate of drug-likeness (QED) is 0.783. The molecular weight excluding hydrogens is 277 g/mol. The zero-order chi connectivity index (χ0) is 15.2. The summed E-state index contributed by atoms with van der Waals surface area (Å²) in [5.41, 5.74) is -1.15. The van der Waals surface area contributed by atoms with E-state index in [0.717, 1.165) is 6.07 Å². The van der Waals surface area contributed by atoms with Crippen LogP contribution in [0.1, 0.15) is 22.8 Å². The Morgan fingerprint density at radius 3 is 2.60 bits per heavy atom. The number of rotatable bonds is 7. The Bertz CT molecular complexity index is 446. The molecule has 1 atom stereocenters. The molecule has 20 heavy (non-hydrogen) atoms. The smallest absolute Gasteiger partial charge is 0.419 e. The van der Waals surface area contributed by atoms with Crippen molar-refractivity contribution >= 4 is 6.29 Å². The lowest BCUT2D eigenvalue weighted by Gasteiger charge is -2.16. The van der Waals surface area contributed by atoms with Gasteiger partial charge in [0.05, 0.1) is 12.2 Å². The number of aldehydes is 1. The topological polar surface area (TPSA) is 55.8 Å². The molecule has 7 heteroatoms. The van der Waals surface area contributed by atoms with E-state index >= 15 is 0 Å². The molecule has 0 saturated heterocycles. The zero-order valence-electron chi connectivity index (χ0n) is 10.8. The molecule has 0 bridgehead atoms. The van der Waals surface area contributed by atoms with Crippen LogP contribution >= 0.6 is 0 Å². The van der Waals surface area contributed by atoms with Gasteiger partial charge in [0, 0.05) is 12.2 Å². The summed E-state index contributed by atoms with van der Waals surface area (Å²) in [6, 6.07) is 2.98. The van der Waals surface area contributed by atoms with Gasteiger partial charge < -0.3 is 14.6 Å². The molecule has 0 radical (unpaired) electrons. The molecule has 1 aromatic carbocycles. The van der Waals surface area contributed by atoms with E-state index in [-0.39, 0.29) is 18.8 Å². The Morgan fingerprint density at radius 1 is 1.35 bits per heavy atom. The molecule has 1 N–H and O–H groups in total. The highest BCUT2D eigenvalue weighted by atomic mass is 19.4. The molecule has 0 amide bonds. The first-order valence-electron chi connectivity index (χ1n) is 5.93. The highest BCUT2D eigenvalue weighted by molar-refractivity contribution is 5.75. The summed E-state index contributed by atoms with van der Waals surface area (Å²) in [6.45, 7) is 1.76. The standard InChI is InChI=1S/C13H15F3O4/c1-2-19-7-10(18)8-20-12-4-3-9(6-17)5-11(12)13(14,15)16/h3-6,10,18H,2,7-8H2,1H3. The average molecular weight is 292 g/mol. The van der Waals surface area contributed by atoms with Crippen LogP contribution in [-0.4, -0.2) is 37.3 Å². The number of benzene rings is 1. The lowest BCUT2D eigenvalue weighted by atomic mass is 10.1. The summed E-state index contributed by atoms with van der Waals surface area (Å²) in [6.07, 6.45) is -5.34. The summed E-state index contributed by atoms with van der Waals surface area (Å²) in [5.74, 6) is -0.432. The molecule has 1 rings (SSSR count). The Balaban J connectivity index is 2.81. The van der Waals surface area contributed by atoms with E-state index in [1.165, 1.54) is 6.07 Å². The largest absolute Gasteiger partial charge is 0.490 e. The van der Waals surface area contributed by atoms with E-state index < -0.39 is 23.6 Å². The second-order valence-electron chi connectivity index (χ2n) is 4.00. The number of hydrogen-bond donors (Lipinski definition) is 1. The van der Waals surface area contributed by atoms with E-state index in [0.29, 0.717) is 19.0 Å². The van der Waals surface area contributed by atoms with Gasteiger partial charge in [-0.15, -0.1) is 0 Å². The Hall–Kier alpha value is -1.60. The van der Waals surface area contributed by atoms with Crippen molar-refractivity contribution in [1.82, 2.24) is 0 Å². The third kappa shape index (κ3) is 4.82. The number of ether oxygens (including phenoxy) is 2. The molecule has 0 spiro atoms. The first kappa shape index (κ1) is 16.5. The molecule has 1 unspecified atom stereocenters. The predicted octanol–water partition coefficient (Wildman–Crippen LogP) is 2.29. The third-order valence-corrected chi connectivity index (χ3v) is 2.39. The SMILES string of the molecule is CCOCC(O)COc1ccc(C=O)cc1C(F)(F)F. The van der Waals surface area contributed by atoms with E-state index in [2.05, 4.69) is 0 Å². The fourth-order valence-electron chi connectivity index (χ4n) is 1.46. The summed E-state index contributed by atoms with van der Waals surface area (Å²) in [5, 5.41) is 9.45. The number of aliphatic hydroxyl groups excluding tert-OH is 1. The lowest BCUT2D eigenvalue weighted by Crippen LogP contribution is -2.24. The minimum atomic E-state index is -4.64. The van der Waals surface area contributed by atoms with Gasteiger partial charge in [-0.1, -0.05) is 0 Å². The number of carbonyl (C=O) groups is 1. The van der Waals surface area contributed by atoms with Crippen LogP contribution in [0.25, 0.3) is 0 Å². The molecule has 0 saturated carbocycles. The number of hydrogen-bond acceptors (Lipinski definition) is 4. The monoisotopic (exact) mass is 292 g/mol. The van der Waals surface area contributed by atoms with E-state index in [4.69, 9.17) is 9.47 Å². The van der Waals surface area contributed by atoms with Crippen LogP contribution in [-0.2, 0) is 10.9 Å². The Kier molecular flexibility index (Phi) is 5.97. The summed E-state index contributed by atoms with van der Waals surface area (Å²) in [4.78, 5) is 10.5. The van der Waals surface area contributed by atoms with E-state index in [1.54, 1.807) is 6.92 Å². The zero-order valence-corrected chi connectivity index (χ0v) is 10.8. The summed E-state index contributed by atoms with van der Waals surface area (Å²) in [7, 11) is 0. The average Bonchev–Trinajstić information content (AvgIpc) is 2.41. The van der Waals surface area contributed by atoms with Gasteiger partial charge in [-0.25, -0.2) is 0 Å². The van der Waals surface area contributed by atoms with Gasteiger partial charge in [-0.3, -0.25) is 4.79 Å². The van der Waals surface area contributed by atoms with Gasteiger partial charge in [0.1, 0.15) is 24.7 Å². The van der Waals surface area contributed by atoms with Crippen molar-refractivity contribution in [2.45, 2.75) is 19.2 Å². The van der Waals surface area contributed by atoms with E-state index in [9.17, 15) is 23.1 Å². The van der Waals surface area contributed by atoms with Crippen molar-refractivity contribution < 1.29 is 32.5 Å². The molecule has 0 aliphatic heterocycles. The summed E-state index contributed by atoms with van der Waals surface area (Å²) < 4.78 is 48.3. The first-order chi connectivity index (χ1) is 9.38. The highest BCUT2D eigenvalue weighted by Gasteiger charge is 2.34. The van der Waals surface area contributed by atoms with E-state index in [1.807, 2.05) is 0 Å². The van der Waals surface area contributed by atoms with Crippen LogP contribution in [0, 0.1) is 0 Å². The van der Waals surface area contributed by atoms with Crippen molar-refractivity contribution in [3.63, 3.8) is 0 Å². The second-order valence-corrected chi connectivity index (χ2v) is 4.00. The third-order valence-electron chi connectivity index (χ3n) is 2.39. The molecule has 4 nitrogen and oxygen atoms in total. The lowest BCUT2D eigenvalue weighted by molar-refractivity contribution is -0.139. The number of halogens is 3. The number of alkyl halides is 3. The fourth-order valence-corrected chi connectivity index (χ4v) is 1.46. The predicted molar refractivity (Wildman–Crippen MR) is 64.8 cm³/mol. The van der Waals surface area contributed by atoms with Crippen LogP contribution in [0.3, 0.4) is 0 Å². The number of carbonyl (C=O) groups excluding carboxylic acids is 1. The number of aliphatic hydroxyl groups is 1. The van der Waals surface area contributed by atoms with Crippen molar-refractivity contribution in [1.29, 1.82) is 0 Å². The highest BCUT2D eigenvalue weighted by Crippen LogP contribution is 2.36. The minimum absolute atomic E-state index is 0.0235. The molecule has 112 valence electrons. The first-order valence-corrected chi connectivity index (χ1v) is 5.93. The van der Waals surface area contributed by atoms with Crippen molar-refractivity contribution in [3.8, 4) is 5.75 Å². The van der Waals surface area contributed by atoms with Gasteiger partial charge in [0.15, 0.2) is 0 Å². The normalized spacial score (nSPS) is 13.1. The van der Waals surface area contributed by atoms with Crippen LogP contribution in [0.4, 0.5) is 13.2 Å². The van der Waals surface area contributed by atoms with Crippen molar-refractivity contribution in [3.05, 3.63) is 29.3 Å². The fraction of sp³-hybridized carbons (Fsp3) is 0.462. The second kappa shape index (κ2) is 7.25. The molecular formula is C13H15F3O4. The molecule has 0 aliphatic carbocycles. The van der Waals surface area contributed by atoms with Crippen LogP contribution in [0.2, 0.25) is 0 Å². The van der Waals surface area contributed by atoms with Crippen LogP contribution in [0.15, 0.2) is 18.2 Å². The van der Waals surface area contributed by atoms with Gasteiger partial charge in [0.25, 0.3) is 0 Å². The summed E-state index contributed by atoms with van der Waals surface area (Å²) >= 11 is 0. The Labute approximate surface area is 114 Å². The molecule has 0 heterocycles. The molecule has 1 aromatic rings. The van der Waals surface area contributed by atoms with Crippen LogP contribution in [0.5, 0.6) is 5.75 Å². The maximum atomic E-state index is 12.8. The van der Waals surface area contributed by atoms with Gasteiger partial charge in [-0.05, 0) is 25.1 Å². The van der Waals surface area contributed by atoms with Crippen molar-refractivity contribution in [2.24, 2.45) is 0 Å². The van der Waals surface area contributed by atoms with Gasteiger partial charge in [0.2, 0.25) is 0 Å². The minimum Gasteiger partial charge on any atom is -0.490 e. The molecule has 0 aliphatic rings. The van der Waals surface area contributed by atoms with Gasteiger partial charge >= 0.3 is 6.18 Å². The van der Waals surface area contributed by atoms with Crippen LogP contribution < -0.4 is 4.74 Å². The Morgan fingerprint density at radius 2 is 2.05 bits per heavy atom. The molecule has 0 fully saturated rings. The maximum Gasteiger partial charge on any atom is 0.419 e. The molecule has 0 aromatic heterocycles. The van der Waals surface area contributed by atoms with Crippen molar-refractivity contribution in [2.75, 3.05) is 19.8 Å². The maximum absolute atomic E-state index is 12.8.